The zero-order chi connectivity index (χ0) is 12.3. The first-order valence-electron chi connectivity index (χ1n) is 5.36. The number of carbonyl (C=O) groups is 1. The fourth-order valence-electron chi connectivity index (χ4n) is 1.13. The Morgan fingerprint density at radius 1 is 1.38 bits per heavy atom. The number of aromatic amines is 1. The number of carbonyl (C=O) groups excluding carboxylic acids is 1. The van der Waals surface area contributed by atoms with Crippen LogP contribution in [0.5, 0.6) is 0 Å². The van der Waals surface area contributed by atoms with Gasteiger partial charge in [0.2, 0.25) is 5.91 Å². The number of hydrogen-bond donors (Lipinski definition) is 3. The van der Waals surface area contributed by atoms with Gasteiger partial charge in [0.05, 0.1) is 6.54 Å². The van der Waals surface area contributed by atoms with Crippen molar-refractivity contribution in [3.8, 4) is 0 Å². The minimum absolute atomic E-state index is 0.0616. The summed E-state index contributed by atoms with van der Waals surface area (Å²) >= 11 is 0. The Morgan fingerprint density at radius 3 is 2.44 bits per heavy atom. The van der Waals surface area contributed by atoms with Gasteiger partial charge in [-0.1, -0.05) is 0 Å². The summed E-state index contributed by atoms with van der Waals surface area (Å²) in [5.74, 6) is 0.530. The number of rotatable bonds is 3. The highest BCUT2D eigenvalue weighted by atomic mass is 16.2. The molecule has 5 nitrogen and oxygen atoms in total. The Bertz CT molecular complexity index is 376. The Morgan fingerprint density at radius 2 is 2.00 bits per heavy atom. The summed E-state index contributed by atoms with van der Waals surface area (Å²) in [6.45, 7) is 10.2. The predicted molar refractivity (Wildman–Crippen MR) is 64.4 cm³/mol. The molecule has 0 radical (unpaired) electrons. The van der Waals surface area contributed by atoms with Crippen molar-refractivity contribution in [3.05, 3.63) is 11.3 Å². The van der Waals surface area contributed by atoms with Crippen molar-refractivity contribution >= 4 is 11.7 Å². The lowest BCUT2D eigenvalue weighted by Crippen LogP contribution is -2.41. The highest BCUT2D eigenvalue weighted by Crippen LogP contribution is 2.13. The molecule has 0 aliphatic rings. The molecule has 0 saturated carbocycles. The number of nitrogens with zero attached hydrogens (tertiary/aromatic N) is 1. The normalized spacial score (nSPS) is 11.6. The number of anilines is 1. The van der Waals surface area contributed by atoms with Gasteiger partial charge in [0.25, 0.3) is 0 Å². The zero-order valence-electron chi connectivity index (χ0n) is 10.6. The van der Waals surface area contributed by atoms with Gasteiger partial charge in [-0.3, -0.25) is 9.89 Å². The molecule has 5 heteroatoms. The van der Waals surface area contributed by atoms with Crippen LogP contribution in [-0.4, -0.2) is 28.2 Å². The Labute approximate surface area is 96.0 Å². The lowest BCUT2D eigenvalue weighted by molar-refractivity contribution is -0.115. The summed E-state index contributed by atoms with van der Waals surface area (Å²) in [4.78, 5) is 11.6. The lowest BCUT2D eigenvalue weighted by Gasteiger charge is -2.19. The molecular weight excluding hydrogens is 204 g/mol. The molecule has 0 saturated heterocycles. The van der Waals surface area contributed by atoms with Crippen molar-refractivity contribution in [2.24, 2.45) is 0 Å². The van der Waals surface area contributed by atoms with Crippen LogP contribution in [0.2, 0.25) is 0 Å². The van der Waals surface area contributed by atoms with Crippen LogP contribution in [0.15, 0.2) is 0 Å². The molecule has 0 aromatic carbocycles. The van der Waals surface area contributed by atoms with Gasteiger partial charge in [-0.15, -0.1) is 0 Å². The third-order valence-corrected chi connectivity index (χ3v) is 2.29. The van der Waals surface area contributed by atoms with E-state index in [4.69, 9.17) is 0 Å². The largest absolute Gasteiger partial charge is 0.308 e. The second-order valence-electron chi connectivity index (χ2n) is 4.97. The SMILES string of the molecule is Cc1[nH]nc(NC(=O)CNC(C)(C)C)c1C. The fourth-order valence-corrected chi connectivity index (χ4v) is 1.13. The van der Waals surface area contributed by atoms with Crippen molar-refractivity contribution < 1.29 is 4.79 Å². The van der Waals surface area contributed by atoms with E-state index >= 15 is 0 Å². The second-order valence-corrected chi connectivity index (χ2v) is 4.97. The standard InChI is InChI=1S/C11H20N4O/c1-7-8(2)14-15-10(7)13-9(16)6-12-11(3,4)5/h12H,6H2,1-5H3,(H2,13,14,15,16). The minimum Gasteiger partial charge on any atom is -0.308 e. The Hall–Kier alpha value is -1.36. The van der Waals surface area contributed by atoms with E-state index in [1.54, 1.807) is 0 Å². The molecule has 90 valence electrons. The van der Waals surface area contributed by atoms with Crippen molar-refractivity contribution in [1.82, 2.24) is 15.5 Å². The second kappa shape index (κ2) is 4.65. The van der Waals surface area contributed by atoms with E-state index in [9.17, 15) is 4.79 Å². The molecule has 0 fully saturated rings. The maximum Gasteiger partial charge on any atom is 0.239 e. The molecule has 0 aliphatic carbocycles. The molecule has 0 unspecified atom stereocenters. The number of hydrogen-bond acceptors (Lipinski definition) is 3. The van der Waals surface area contributed by atoms with Crippen LogP contribution in [0.4, 0.5) is 5.82 Å². The smallest absolute Gasteiger partial charge is 0.239 e. The quantitative estimate of drug-likeness (QED) is 0.726. The number of H-pyrrole nitrogens is 1. The van der Waals surface area contributed by atoms with Gasteiger partial charge in [0, 0.05) is 16.8 Å². The van der Waals surface area contributed by atoms with Gasteiger partial charge in [-0.2, -0.15) is 5.10 Å². The summed E-state index contributed by atoms with van der Waals surface area (Å²) in [5.41, 5.74) is 1.89. The summed E-state index contributed by atoms with van der Waals surface area (Å²) in [5, 5.41) is 12.7. The molecular formula is C11H20N4O. The van der Waals surface area contributed by atoms with E-state index in [1.165, 1.54) is 0 Å². The van der Waals surface area contributed by atoms with Crippen molar-refractivity contribution in [1.29, 1.82) is 0 Å². The average molecular weight is 224 g/mol. The van der Waals surface area contributed by atoms with Crippen molar-refractivity contribution in [2.45, 2.75) is 40.2 Å². The molecule has 0 bridgehead atoms. The number of amides is 1. The average Bonchev–Trinajstić information content (AvgIpc) is 2.46. The highest BCUT2D eigenvalue weighted by molar-refractivity contribution is 5.92. The van der Waals surface area contributed by atoms with Crippen LogP contribution in [0, 0.1) is 13.8 Å². The topological polar surface area (TPSA) is 69.8 Å². The van der Waals surface area contributed by atoms with Gasteiger partial charge < -0.3 is 10.6 Å². The van der Waals surface area contributed by atoms with E-state index in [-0.39, 0.29) is 18.0 Å². The first-order valence-corrected chi connectivity index (χ1v) is 5.36. The van der Waals surface area contributed by atoms with Gasteiger partial charge in [-0.25, -0.2) is 0 Å². The maximum absolute atomic E-state index is 11.6. The van der Waals surface area contributed by atoms with Crippen LogP contribution in [0.3, 0.4) is 0 Å². The number of aryl methyl sites for hydroxylation is 1. The summed E-state index contributed by atoms with van der Waals surface area (Å²) < 4.78 is 0. The van der Waals surface area contributed by atoms with Gasteiger partial charge in [0.1, 0.15) is 0 Å². The van der Waals surface area contributed by atoms with Gasteiger partial charge in [-0.05, 0) is 34.6 Å². The number of nitrogens with one attached hydrogen (secondary N) is 3. The monoisotopic (exact) mass is 224 g/mol. The Balaban J connectivity index is 2.49. The van der Waals surface area contributed by atoms with Crippen LogP contribution in [-0.2, 0) is 4.79 Å². The van der Waals surface area contributed by atoms with Crippen molar-refractivity contribution in [2.75, 3.05) is 11.9 Å². The van der Waals surface area contributed by atoms with E-state index in [2.05, 4.69) is 20.8 Å². The zero-order valence-corrected chi connectivity index (χ0v) is 10.6. The van der Waals surface area contributed by atoms with Gasteiger partial charge >= 0.3 is 0 Å². The first kappa shape index (κ1) is 12.7. The van der Waals surface area contributed by atoms with E-state index in [0.29, 0.717) is 5.82 Å². The molecule has 0 spiro atoms. The first-order chi connectivity index (χ1) is 7.29. The molecule has 3 N–H and O–H groups in total. The fraction of sp³-hybridized carbons (Fsp3) is 0.636. The molecule has 0 aliphatic heterocycles. The van der Waals surface area contributed by atoms with Crippen LogP contribution < -0.4 is 10.6 Å². The van der Waals surface area contributed by atoms with E-state index in [0.717, 1.165) is 11.3 Å². The molecule has 1 aromatic rings. The van der Waals surface area contributed by atoms with Crippen LogP contribution in [0.1, 0.15) is 32.0 Å². The van der Waals surface area contributed by atoms with Crippen LogP contribution >= 0.6 is 0 Å². The maximum atomic E-state index is 11.6. The predicted octanol–water partition coefficient (Wildman–Crippen LogP) is 1.35. The highest BCUT2D eigenvalue weighted by Gasteiger charge is 2.13. The molecule has 1 aromatic heterocycles. The summed E-state index contributed by atoms with van der Waals surface area (Å²) in [7, 11) is 0. The molecule has 1 amide bonds. The lowest BCUT2D eigenvalue weighted by atomic mass is 10.1. The van der Waals surface area contributed by atoms with Gasteiger partial charge in [0.15, 0.2) is 5.82 Å². The summed E-state index contributed by atoms with van der Waals surface area (Å²) in [6.07, 6.45) is 0. The summed E-state index contributed by atoms with van der Waals surface area (Å²) in [6, 6.07) is 0. The van der Waals surface area contributed by atoms with E-state index < -0.39 is 0 Å². The third-order valence-electron chi connectivity index (χ3n) is 2.29. The molecule has 0 atom stereocenters. The minimum atomic E-state index is -0.0791. The molecule has 1 heterocycles. The van der Waals surface area contributed by atoms with Crippen LogP contribution in [0.25, 0.3) is 0 Å². The number of aromatic nitrogens is 2. The Kier molecular flexibility index (Phi) is 3.70. The molecule has 16 heavy (non-hydrogen) atoms. The van der Waals surface area contributed by atoms with Crippen molar-refractivity contribution in [3.63, 3.8) is 0 Å². The van der Waals surface area contributed by atoms with E-state index in [1.807, 2.05) is 34.6 Å². The molecule has 1 rings (SSSR count). The third kappa shape index (κ3) is 3.66.